The van der Waals surface area contributed by atoms with Crippen molar-refractivity contribution in [1.82, 2.24) is 0 Å². The van der Waals surface area contributed by atoms with Gasteiger partial charge in [0.25, 0.3) is 0 Å². The van der Waals surface area contributed by atoms with Gasteiger partial charge >= 0.3 is 0 Å². The summed E-state index contributed by atoms with van der Waals surface area (Å²) in [4.78, 5) is 0. The van der Waals surface area contributed by atoms with Crippen LogP contribution in [-0.2, 0) is 9.47 Å². The van der Waals surface area contributed by atoms with Gasteiger partial charge in [0, 0.05) is 13.7 Å². The Balaban J connectivity index is 1.86. The Kier molecular flexibility index (Phi) is 3.27. The quantitative estimate of drug-likeness (QED) is 0.701. The fraction of sp³-hybridized carbons (Fsp3) is 0.867. The maximum absolute atomic E-state index is 6.01. The van der Waals surface area contributed by atoms with E-state index in [1.807, 2.05) is 7.11 Å². The van der Waals surface area contributed by atoms with E-state index in [2.05, 4.69) is 19.1 Å². The van der Waals surface area contributed by atoms with Crippen molar-refractivity contribution in [2.45, 2.75) is 44.8 Å². The second kappa shape index (κ2) is 4.74. The Morgan fingerprint density at radius 3 is 2.06 bits per heavy atom. The molecule has 0 aromatic carbocycles. The van der Waals surface area contributed by atoms with Crippen LogP contribution < -0.4 is 0 Å². The Morgan fingerprint density at radius 2 is 1.53 bits per heavy atom. The first-order chi connectivity index (χ1) is 8.35. The summed E-state index contributed by atoms with van der Waals surface area (Å²) >= 11 is 0. The van der Waals surface area contributed by atoms with Gasteiger partial charge in [-0.25, -0.2) is 0 Å². The highest BCUT2D eigenvalue weighted by Crippen LogP contribution is 2.52. The molecule has 6 atom stereocenters. The zero-order valence-electron chi connectivity index (χ0n) is 11.0. The lowest BCUT2D eigenvalue weighted by Gasteiger charge is -2.53. The molecule has 0 aliphatic heterocycles. The topological polar surface area (TPSA) is 18.5 Å². The molecule has 2 unspecified atom stereocenters. The van der Waals surface area contributed by atoms with Crippen LogP contribution in [0.15, 0.2) is 12.2 Å². The van der Waals surface area contributed by atoms with Crippen LogP contribution in [0.5, 0.6) is 0 Å². The van der Waals surface area contributed by atoms with E-state index in [1.165, 1.54) is 25.7 Å². The van der Waals surface area contributed by atoms with Gasteiger partial charge in [0.05, 0.1) is 12.2 Å². The molecule has 0 radical (unpaired) electrons. The Hall–Kier alpha value is -0.340. The second-order valence-electron chi connectivity index (χ2n) is 5.79. The summed E-state index contributed by atoms with van der Waals surface area (Å²) in [6, 6.07) is 0. The van der Waals surface area contributed by atoms with Crippen molar-refractivity contribution in [2.75, 3.05) is 13.7 Å². The average molecular weight is 236 g/mol. The largest absolute Gasteiger partial charge is 0.381 e. The van der Waals surface area contributed by atoms with Crippen molar-refractivity contribution < 1.29 is 9.47 Å². The fourth-order valence-electron chi connectivity index (χ4n) is 4.52. The molecule has 0 N–H and O–H groups in total. The van der Waals surface area contributed by atoms with Crippen molar-refractivity contribution >= 4 is 0 Å². The lowest BCUT2D eigenvalue weighted by Crippen LogP contribution is -2.52. The molecule has 0 spiro atoms. The normalized spacial score (nSPS) is 48.1. The van der Waals surface area contributed by atoms with Crippen LogP contribution in [0.25, 0.3) is 0 Å². The van der Waals surface area contributed by atoms with Gasteiger partial charge in [-0.3, -0.25) is 0 Å². The number of methoxy groups -OCH3 is 1. The van der Waals surface area contributed by atoms with Crippen LogP contribution in [0, 0.1) is 23.7 Å². The minimum atomic E-state index is 0.467. The van der Waals surface area contributed by atoms with Crippen molar-refractivity contribution in [3.05, 3.63) is 12.2 Å². The number of hydrogen-bond donors (Lipinski definition) is 0. The van der Waals surface area contributed by atoms with E-state index in [0.717, 1.165) is 24.4 Å². The van der Waals surface area contributed by atoms with Crippen molar-refractivity contribution in [2.24, 2.45) is 23.7 Å². The van der Waals surface area contributed by atoms with E-state index in [4.69, 9.17) is 9.47 Å². The molecule has 2 nitrogen and oxygen atoms in total. The van der Waals surface area contributed by atoms with Crippen molar-refractivity contribution in [1.29, 1.82) is 0 Å². The number of rotatable bonds is 3. The molecule has 0 amide bonds. The van der Waals surface area contributed by atoms with Crippen LogP contribution in [0.1, 0.15) is 32.6 Å². The van der Waals surface area contributed by atoms with E-state index >= 15 is 0 Å². The van der Waals surface area contributed by atoms with Crippen LogP contribution in [0.4, 0.5) is 0 Å². The van der Waals surface area contributed by atoms with Crippen LogP contribution >= 0.6 is 0 Å². The van der Waals surface area contributed by atoms with Crippen LogP contribution in [-0.4, -0.2) is 25.9 Å². The van der Waals surface area contributed by atoms with Gasteiger partial charge in [-0.05, 0) is 56.3 Å². The highest BCUT2D eigenvalue weighted by molar-refractivity contribution is 5.14. The zero-order valence-corrected chi connectivity index (χ0v) is 11.0. The Morgan fingerprint density at radius 1 is 0.941 bits per heavy atom. The Bertz CT molecular complexity index is 299. The first-order valence-electron chi connectivity index (χ1n) is 7.18. The number of allylic oxidation sites excluding steroid dienone is 2. The van der Waals surface area contributed by atoms with Gasteiger partial charge < -0.3 is 9.47 Å². The van der Waals surface area contributed by atoms with Gasteiger partial charge in [-0.2, -0.15) is 0 Å². The van der Waals surface area contributed by atoms with E-state index in [0.29, 0.717) is 18.1 Å². The van der Waals surface area contributed by atoms with Gasteiger partial charge in [0.15, 0.2) is 0 Å². The fourth-order valence-corrected chi connectivity index (χ4v) is 4.52. The summed E-state index contributed by atoms with van der Waals surface area (Å²) in [7, 11) is 1.88. The minimum Gasteiger partial charge on any atom is -0.381 e. The SMILES string of the molecule is CCO[C@H]1CC[C@@H](OC)C2C1[C@H]1C=C[C@@H]2CC1. The summed E-state index contributed by atoms with van der Waals surface area (Å²) < 4.78 is 11.8. The number of ether oxygens (including phenoxy) is 2. The highest BCUT2D eigenvalue weighted by Gasteiger charge is 2.50. The standard InChI is InChI=1S/C15H24O2/c1-3-17-13-9-8-12(16-2)14-10-4-6-11(7-5-10)15(13)14/h4,6,10-15H,3,5,7-9H2,1-2H3/t10-,11+,12-,13+,14?,15?/m1/s1. The van der Waals surface area contributed by atoms with Gasteiger partial charge in [0.2, 0.25) is 0 Å². The first-order valence-corrected chi connectivity index (χ1v) is 7.18. The van der Waals surface area contributed by atoms with E-state index in [-0.39, 0.29) is 0 Å². The molecule has 4 rings (SSSR count). The predicted octanol–water partition coefficient (Wildman–Crippen LogP) is 3.03. The molecule has 0 aromatic heterocycles. The zero-order chi connectivity index (χ0) is 11.8. The summed E-state index contributed by atoms with van der Waals surface area (Å²) in [6.07, 6.45) is 11.0. The molecular formula is C15H24O2. The molecular weight excluding hydrogens is 212 g/mol. The number of hydrogen-bond acceptors (Lipinski definition) is 2. The third-order valence-electron chi connectivity index (χ3n) is 5.15. The average Bonchev–Trinajstić information content (AvgIpc) is 2.40. The maximum Gasteiger partial charge on any atom is 0.0613 e. The van der Waals surface area contributed by atoms with E-state index in [1.54, 1.807) is 0 Å². The molecule has 2 fully saturated rings. The molecule has 2 saturated carbocycles. The minimum absolute atomic E-state index is 0.467. The second-order valence-corrected chi connectivity index (χ2v) is 5.79. The highest BCUT2D eigenvalue weighted by atomic mass is 16.5. The molecule has 4 aliphatic rings. The van der Waals surface area contributed by atoms with E-state index < -0.39 is 0 Å². The Labute approximate surface area is 104 Å². The third-order valence-corrected chi connectivity index (χ3v) is 5.15. The van der Waals surface area contributed by atoms with Gasteiger partial charge in [-0.1, -0.05) is 12.2 Å². The van der Waals surface area contributed by atoms with Gasteiger partial charge in [0.1, 0.15) is 0 Å². The number of fused-ring (bicyclic) bond motifs is 1. The lowest BCUT2D eigenvalue weighted by molar-refractivity contribution is -0.129. The lowest BCUT2D eigenvalue weighted by atomic mass is 9.56. The third kappa shape index (κ3) is 1.86. The summed E-state index contributed by atoms with van der Waals surface area (Å²) in [6.45, 7) is 2.97. The van der Waals surface area contributed by atoms with Crippen molar-refractivity contribution in [3.63, 3.8) is 0 Å². The molecule has 2 heteroatoms. The molecule has 4 aliphatic carbocycles. The summed E-state index contributed by atoms with van der Waals surface area (Å²) in [5.74, 6) is 2.93. The van der Waals surface area contributed by atoms with Crippen LogP contribution in [0.3, 0.4) is 0 Å². The monoisotopic (exact) mass is 236 g/mol. The summed E-state index contributed by atoms with van der Waals surface area (Å²) in [5.41, 5.74) is 0. The molecule has 0 heterocycles. The van der Waals surface area contributed by atoms with Crippen LogP contribution in [0.2, 0.25) is 0 Å². The van der Waals surface area contributed by atoms with Crippen molar-refractivity contribution in [3.8, 4) is 0 Å². The molecule has 17 heavy (non-hydrogen) atoms. The van der Waals surface area contributed by atoms with E-state index in [9.17, 15) is 0 Å². The first kappa shape index (κ1) is 11.7. The predicted molar refractivity (Wildman–Crippen MR) is 67.8 cm³/mol. The van der Waals surface area contributed by atoms with Gasteiger partial charge in [-0.15, -0.1) is 0 Å². The smallest absolute Gasteiger partial charge is 0.0613 e. The maximum atomic E-state index is 6.01. The molecule has 0 aromatic rings. The molecule has 96 valence electrons. The molecule has 2 bridgehead atoms. The molecule has 0 saturated heterocycles. The summed E-state index contributed by atoms with van der Waals surface area (Å²) in [5, 5.41) is 0.